The van der Waals surface area contributed by atoms with Crippen molar-refractivity contribution in [3.8, 4) is 0 Å². The minimum Gasteiger partial charge on any atom is -0.325 e. The number of carbonyl (C=O) groups excluding carboxylic acids is 1. The van der Waals surface area contributed by atoms with Gasteiger partial charge in [0.15, 0.2) is 0 Å². The molecule has 1 N–H and O–H groups in total. The number of halogens is 2. The van der Waals surface area contributed by atoms with Crippen LogP contribution in [0.2, 0.25) is 5.02 Å². The van der Waals surface area contributed by atoms with Crippen LogP contribution in [0.5, 0.6) is 0 Å². The van der Waals surface area contributed by atoms with Crippen molar-refractivity contribution in [2.45, 2.75) is 27.7 Å². The molecule has 17 heavy (non-hydrogen) atoms. The number of anilines is 1. The lowest BCUT2D eigenvalue weighted by Gasteiger charge is -2.16. The Morgan fingerprint density at radius 2 is 1.94 bits per heavy atom. The van der Waals surface area contributed by atoms with Gasteiger partial charge in [-0.05, 0) is 46.5 Å². The minimum atomic E-state index is -0.0259. The SMILES string of the molecule is Cc1cc(Br)c(NC(=O)C(C)C(C)C)cc1Cl. The second-order valence-electron chi connectivity index (χ2n) is 4.60. The first-order valence-corrected chi connectivity index (χ1v) is 6.76. The predicted octanol–water partition coefficient (Wildman–Crippen LogP) is 4.64. The molecule has 0 spiro atoms. The lowest BCUT2D eigenvalue weighted by molar-refractivity contribution is -0.120. The normalized spacial score (nSPS) is 12.6. The van der Waals surface area contributed by atoms with Crippen LogP contribution in [-0.2, 0) is 4.79 Å². The van der Waals surface area contributed by atoms with E-state index >= 15 is 0 Å². The number of hydrogen-bond acceptors (Lipinski definition) is 1. The predicted molar refractivity (Wildman–Crippen MR) is 76.5 cm³/mol. The second kappa shape index (κ2) is 5.87. The molecule has 0 saturated carbocycles. The van der Waals surface area contributed by atoms with E-state index in [1.54, 1.807) is 6.07 Å². The highest BCUT2D eigenvalue weighted by molar-refractivity contribution is 9.10. The first-order chi connectivity index (χ1) is 7.82. The van der Waals surface area contributed by atoms with Crippen molar-refractivity contribution in [1.82, 2.24) is 0 Å². The Hall–Kier alpha value is -0.540. The fourth-order valence-electron chi connectivity index (χ4n) is 1.29. The Morgan fingerprint density at radius 1 is 1.35 bits per heavy atom. The average Bonchev–Trinajstić information content (AvgIpc) is 2.24. The molecule has 0 fully saturated rings. The van der Waals surface area contributed by atoms with Gasteiger partial charge in [0, 0.05) is 15.4 Å². The van der Waals surface area contributed by atoms with Crippen molar-refractivity contribution in [2.24, 2.45) is 11.8 Å². The molecule has 1 atom stereocenters. The average molecular weight is 319 g/mol. The fourth-order valence-corrected chi connectivity index (χ4v) is 2.01. The second-order valence-corrected chi connectivity index (χ2v) is 5.86. The van der Waals surface area contributed by atoms with Gasteiger partial charge in [-0.15, -0.1) is 0 Å². The van der Waals surface area contributed by atoms with Gasteiger partial charge in [-0.2, -0.15) is 0 Å². The first kappa shape index (κ1) is 14.5. The largest absolute Gasteiger partial charge is 0.325 e. The zero-order chi connectivity index (χ0) is 13.2. The molecule has 1 rings (SSSR count). The molecule has 2 nitrogen and oxygen atoms in total. The summed E-state index contributed by atoms with van der Waals surface area (Å²) in [7, 11) is 0. The van der Waals surface area contributed by atoms with Gasteiger partial charge < -0.3 is 5.32 Å². The van der Waals surface area contributed by atoms with Gasteiger partial charge in [0.2, 0.25) is 5.91 Å². The van der Waals surface area contributed by atoms with E-state index in [0.29, 0.717) is 10.9 Å². The Labute approximate surface area is 116 Å². The summed E-state index contributed by atoms with van der Waals surface area (Å²) in [6, 6.07) is 3.67. The summed E-state index contributed by atoms with van der Waals surface area (Å²) in [5, 5.41) is 3.54. The third-order valence-electron chi connectivity index (χ3n) is 2.92. The lowest BCUT2D eigenvalue weighted by Crippen LogP contribution is -2.24. The van der Waals surface area contributed by atoms with Crippen LogP contribution in [0.25, 0.3) is 0 Å². The molecule has 0 bridgehead atoms. The topological polar surface area (TPSA) is 29.1 Å². The molecule has 94 valence electrons. The molecule has 0 heterocycles. The zero-order valence-corrected chi connectivity index (χ0v) is 12.8. The summed E-state index contributed by atoms with van der Waals surface area (Å²) < 4.78 is 0.851. The molecule has 0 saturated heterocycles. The Balaban J connectivity index is 2.89. The first-order valence-electron chi connectivity index (χ1n) is 5.59. The highest BCUT2D eigenvalue weighted by atomic mass is 79.9. The van der Waals surface area contributed by atoms with Crippen LogP contribution >= 0.6 is 27.5 Å². The maximum atomic E-state index is 11.9. The van der Waals surface area contributed by atoms with Crippen molar-refractivity contribution in [1.29, 1.82) is 0 Å². The van der Waals surface area contributed by atoms with Gasteiger partial charge in [-0.25, -0.2) is 0 Å². The van der Waals surface area contributed by atoms with Crippen LogP contribution < -0.4 is 5.32 Å². The van der Waals surface area contributed by atoms with E-state index in [1.165, 1.54) is 0 Å². The highest BCUT2D eigenvalue weighted by Gasteiger charge is 2.17. The van der Waals surface area contributed by atoms with Crippen molar-refractivity contribution in [3.05, 3.63) is 27.2 Å². The summed E-state index contributed by atoms with van der Waals surface area (Å²) in [5.74, 6) is 0.303. The van der Waals surface area contributed by atoms with Crippen LogP contribution in [0.15, 0.2) is 16.6 Å². The van der Waals surface area contributed by atoms with Crippen molar-refractivity contribution >= 4 is 39.1 Å². The van der Waals surface area contributed by atoms with Gasteiger partial charge >= 0.3 is 0 Å². The maximum absolute atomic E-state index is 11.9. The summed E-state index contributed by atoms with van der Waals surface area (Å²) in [4.78, 5) is 11.9. The number of benzene rings is 1. The molecule has 0 radical (unpaired) electrons. The Kier molecular flexibility index (Phi) is 5.02. The summed E-state index contributed by atoms with van der Waals surface area (Å²) in [5.41, 5.74) is 1.70. The molecule has 0 aliphatic carbocycles. The molecule has 0 aliphatic rings. The Bertz CT molecular complexity index is 432. The van der Waals surface area contributed by atoms with Gasteiger partial charge in [0.25, 0.3) is 0 Å². The number of nitrogens with one attached hydrogen (secondary N) is 1. The Morgan fingerprint density at radius 3 is 2.47 bits per heavy atom. The molecular weight excluding hydrogens is 302 g/mol. The highest BCUT2D eigenvalue weighted by Crippen LogP contribution is 2.29. The van der Waals surface area contributed by atoms with E-state index in [4.69, 9.17) is 11.6 Å². The van der Waals surface area contributed by atoms with Crippen molar-refractivity contribution in [2.75, 3.05) is 5.32 Å². The smallest absolute Gasteiger partial charge is 0.227 e. The van der Waals surface area contributed by atoms with Crippen molar-refractivity contribution in [3.63, 3.8) is 0 Å². The van der Waals surface area contributed by atoms with Crippen LogP contribution in [0, 0.1) is 18.8 Å². The van der Waals surface area contributed by atoms with Gasteiger partial charge in [0.1, 0.15) is 0 Å². The molecule has 4 heteroatoms. The molecule has 0 aromatic heterocycles. The van der Waals surface area contributed by atoms with Crippen LogP contribution in [0.1, 0.15) is 26.3 Å². The monoisotopic (exact) mass is 317 g/mol. The third kappa shape index (κ3) is 3.71. The van der Waals surface area contributed by atoms with Crippen LogP contribution in [0.3, 0.4) is 0 Å². The van der Waals surface area contributed by atoms with Crippen LogP contribution in [0.4, 0.5) is 5.69 Å². The van der Waals surface area contributed by atoms with Gasteiger partial charge in [0.05, 0.1) is 5.69 Å². The molecule has 1 unspecified atom stereocenters. The number of rotatable bonds is 3. The number of amides is 1. The minimum absolute atomic E-state index is 0.0145. The molecule has 1 aromatic carbocycles. The van der Waals surface area contributed by atoms with Crippen molar-refractivity contribution < 1.29 is 4.79 Å². The summed E-state index contributed by atoms with van der Waals surface area (Å²) in [6.07, 6.45) is 0. The van der Waals surface area contributed by atoms with Gasteiger partial charge in [-0.1, -0.05) is 32.4 Å². The fraction of sp³-hybridized carbons (Fsp3) is 0.462. The molecule has 0 aliphatic heterocycles. The number of carbonyl (C=O) groups is 1. The number of aryl methyl sites for hydroxylation is 1. The zero-order valence-electron chi connectivity index (χ0n) is 10.5. The van der Waals surface area contributed by atoms with E-state index in [-0.39, 0.29) is 11.8 Å². The number of hydrogen-bond donors (Lipinski definition) is 1. The van der Waals surface area contributed by atoms with Crippen LogP contribution in [-0.4, -0.2) is 5.91 Å². The van der Waals surface area contributed by atoms with E-state index in [9.17, 15) is 4.79 Å². The van der Waals surface area contributed by atoms with E-state index in [2.05, 4.69) is 21.2 Å². The molecule has 1 aromatic rings. The molecular formula is C13H17BrClNO. The van der Waals surface area contributed by atoms with E-state index < -0.39 is 0 Å². The lowest BCUT2D eigenvalue weighted by atomic mass is 9.97. The van der Waals surface area contributed by atoms with Gasteiger partial charge in [-0.3, -0.25) is 4.79 Å². The maximum Gasteiger partial charge on any atom is 0.227 e. The molecule has 1 amide bonds. The van der Waals surface area contributed by atoms with E-state index in [0.717, 1.165) is 15.7 Å². The summed E-state index contributed by atoms with van der Waals surface area (Å²) in [6.45, 7) is 7.90. The summed E-state index contributed by atoms with van der Waals surface area (Å²) >= 11 is 9.46. The standard InChI is InChI=1S/C13H17BrClNO/c1-7(2)9(4)13(17)16-12-6-11(15)8(3)5-10(12)14/h5-7,9H,1-4H3,(H,16,17). The third-order valence-corrected chi connectivity index (χ3v) is 3.98. The quantitative estimate of drug-likeness (QED) is 0.864. The van der Waals surface area contributed by atoms with E-state index in [1.807, 2.05) is 33.8 Å².